The summed E-state index contributed by atoms with van der Waals surface area (Å²) in [5.74, 6) is -0.108. The van der Waals surface area contributed by atoms with Gasteiger partial charge in [0.25, 0.3) is 5.91 Å². The van der Waals surface area contributed by atoms with Crippen molar-refractivity contribution in [2.24, 2.45) is 5.41 Å². The molecule has 0 spiro atoms. The van der Waals surface area contributed by atoms with Crippen LogP contribution in [0.15, 0.2) is 17.5 Å². The van der Waals surface area contributed by atoms with Crippen molar-refractivity contribution in [2.75, 3.05) is 25.5 Å². The molecule has 0 radical (unpaired) electrons. The van der Waals surface area contributed by atoms with Crippen molar-refractivity contribution in [1.29, 1.82) is 0 Å². The Bertz CT molecular complexity index is 1040. The Hall–Kier alpha value is -2.19. The minimum atomic E-state index is -0.433. The second-order valence-corrected chi connectivity index (χ2v) is 10.9. The number of hydrogen-bond acceptors (Lipinski definition) is 5. The first kappa shape index (κ1) is 18.8. The summed E-state index contributed by atoms with van der Waals surface area (Å²) in [6, 6.07) is 4.09. The van der Waals surface area contributed by atoms with Crippen LogP contribution in [0.5, 0.6) is 0 Å². The third-order valence-electron chi connectivity index (χ3n) is 6.58. The highest BCUT2D eigenvalue weighted by Gasteiger charge is 2.68. The number of fused-ring (bicyclic) bond motifs is 3. The average molecular weight is 430 g/mol. The van der Waals surface area contributed by atoms with Crippen LogP contribution in [0.1, 0.15) is 45.9 Å². The summed E-state index contributed by atoms with van der Waals surface area (Å²) in [7, 11) is 1.65. The molecule has 0 bridgehead atoms. The minimum Gasteiger partial charge on any atom is -0.336 e. The van der Waals surface area contributed by atoms with E-state index in [1.807, 2.05) is 16.3 Å². The molecule has 1 atom stereocenters. The molecule has 1 N–H and O–H groups in total. The van der Waals surface area contributed by atoms with Gasteiger partial charge in [-0.1, -0.05) is 19.9 Å². The predicted molar refractivity (Wildman–Crippen MR) is 113 cm³/mol. The molecule has 6 nitrogen and oxygen atoms in total. The molecule has 2 aromatic rings. The zero-order valence-electron chi connectivity index (χ0n) is 16.7. The van der Waals surface area contributed by atoms with Gasteiger partial charge in [-0.25, -0.2) is 0 Å². The van der Waals surface area contributed by atoms with Gasteiger partial charge in [-0.05, 0) is 35.3 Å². The van der Waals surface area contributed by atoms with E-state index in [-0.39, 0.29) is 29.7 Å². The van der Waals surface area contributed by atoms with Crippen LogP contribution >= 0.6 is 22.7 Å². The molecule has 4 heterocycles. The van der Waals surface area contributed by atoms with Gasteiger partial charge in [0.05, 0.1) is 24.1 Å². The van der Waals surface area contributed by atoms with Crippen LogP contribution in [0.2, 0.25) is 0 Å². The summed E-state index contributed by atoms with van der Waals surface area (Å²) in [6.45, 7) is 5.50. The van der Waals surface area contributed by atoms with Gasteiger partial charge in [0.1, 0.15) is 5.00 Å². The van der Waals surface area contributed by atoms with Gasteiger partial charge in [0.2, 0.25) is 11.8 Å². The Morgan fingerprint density at radius 2 is 2.00 bits per heavy atom. The van der Waals surface area contributed by atoms with Crippen LogP contribution in [0.25, 0.3) is 0 Å². The number of likely N-dealkylation sites (N-methyl/N-ethyl adjacent to an activating group) is 1. The number of anilines is 1. The fourth-order valence-corrected chi connectivity index (χ4v) is 7.21. The number of nitrogens with zero attached hydrogens (tertiary/aromatic N) is 2. The number of carbonyl (C=O) groups excluding carboxylic acids is 3. The van der Waals surface area contributed by atoms with Gasteiger partial charge >= 0.3 is 0 Å². The quantitative estimate of drug-likeness (QED) is 0.798. The van der Waals surface area contributed by atoms with E-state index >= 15 is 0 Å². The predicted octanol–water partition coefficient (Wildman–Crippen LogP) is 3.09. The molecular formula is C21H23N3O3S2. The standard InChI is InChI=1S/C21H23N3O3S2/c1-20(2)11-21(20,14-5-4-8-28-14)19(27)24-7-6-12-13(9-24)29-17-16(12)18(26)23(3)10-15(25)22-17/h4-5,8H,6-7,9-11H2,1-3H3,(H,22,25). The second-order valence-electron chi connectivity index (χ2n) is 8.84. The Morgan fingerprint density at radius 1 is 1.24 bits per heavy atom. The van der Waals surface area contributed by atoms with Crippen molar-refractivity contribution >= 4 is 45.4 Å². The third-order valence-corrected chi connectivity index (χ3v) is 8.75. The summed E-state index contributed by atoms with van der Waals surface area (Å²) in [5.41, 5.74) is 1.13. The fraction of sp³-hybridized carbons (Fsp3) is 0.476. The van der Waals surface area contributed by atoms with Gasteiger partial charge in [-0.15, -0.1) is 22.7 Å². The number of nitrogens with one attached hydrogen (secondary N) is 1. The van der Waals surface area contributed by atoms with Gasteiger partial charge in [0.15, 0.2) is 0 Å². The summed E-state index contributed by atoms with van der Waals surface area (Å²) >= 11 is 3.09. The molecule has 152 valence electrons. The lowest BCUT2D eigenvalue weighted by Gasteiger charge is -2.32. The lowest BCUT2D eigenvalue weighted by atomic mass is 9.91. The Kier molecular flexibility index (Phi) is 3.99. The molecule has 1 unspecified atom stereocenters. The molecule has 1 fully saturated rings. The maximum Gasteiger partial charge on any atom is 0.257 e. The molecular weight excluding hydrogens is 406 g/mol. The highest BCUT2D eigenvalue weighted by Crippen LogP contribution is 2.66. The summed E-state index contributed by atoms with van der Waals surface area (Å²) < 4.78 is 0. The Balaban J connectivity index is 1.47. The number of hydrogen-bond donors (Lipinski definition) is 1. The van der Waals surface area contributed by atoms with E-state index in [0.717, 1.165) is 21.7 Å². The largest absolute Gasteiger partial charge is 0.336 e. The van der Waals surface area contributed by atoms with Gasteiger partial charge in [-0.2, -0.15) is 0 Å². The monoisotopic (exact) mass is 429 g/mol. The summed E-state index contributed by atoms with van der Waals surface area (Å²) in [6.07, 6.45) is 1.51. The Morgan fingerprint density at radius 3 is 2.66 bits per heavy atom. The van der Waals surface area contributed by atoms with E-state index < -0.39 is 5.41 Å². The minimum absolute atomic E-state index is 0.0472. The number of rotatable bonds is 2. The molecule has 2 aliphatic heterocycles. The number of thiophene rings is 2. The first-order valence-electron chi connectivity index (χ1n) is 9.78. The maximum absolute atomic E-state index is 13.7. The van der Waals surface area contributed by atoms with E-state index in [0.29, 0.717) is 30.1 Å². The molecule has 8 heteroatoms. The van der Waals surface area contributed by atoms with Crippen molar-refractivity contribution in [3.63, 3.8) is 0 Å². The van der Waals surface area contributed by atoms with E-state index in [1.54, 1.807) is 18.4 Å². The molecule has 0 saturated heterocycles. The first-order valence-corrected chi connectivity index (χ1v) is 11.5. The third kappa shape index (κ3) is 2.61. The lowest BCUT2D eigenvalue weighted by Crippen LogP contribution is -2.43. The summed E-state index contributed by atoms with van der Waals surface area (Å²) in [4.78, 5) is 44.1. The van der Waals surface area contributed by atoms with E-state index in [2.05, 4.69) is 25.2 Å². The van der Waals surface area contributed by atoms with Crippen LogP contribution < -0.4 is 5.32 Å². The van der Waals surface area contributed by atoms with Crippen molar-refractivity contribution in [3.05, 3.63) is 38.4 Å². The highest BCUT2D eigenvalue weighted by molar-refractivity contribution is 7.17. The van der Waals surface area contributed by atoms with Crippen LogP contribution in [-0.2, 0) is 28.0 Å². The second kappa shape index (κ2) is 6.15. The topological polar surface area (TPSA) is 69.7 Å². The van der Waals surface area contributed by atoms with Gasteiger partial charge in [0, 0.05) is 23.3 Å². The average Bonchev–Trinajstić information content (AvgIpc) is 3.05. The fourth-order valence-electron chi connectivity index (χ4n) is 4.84. The van der Waals surface area contributed by atoms with Crippen LogP contribution in [-0.4, -0.2) is 47.7 Å². The normalized spacial score (nSPS) is 25.2. The van der Waals surface area contributed by atoms with Crippen LogP contribution in [0.3, 0.4) is 0 Å². The molecule has 0 aromatic carbocycles. The van der Waals surface area contributed by atoms with E-state index in [4.69, 9.17) is 0 Å². The van der Waals surface area contributed by atoms with Crippen molar-refractivity contribution in [1.82, 2.24) is 9.80 Å². The van der Waals surface area contributed by atoms with Gasteiger partial charge < -0.3 is 15.1 Å². The van der Waals surface area contributed by atoms with Crippen molar-refractivity contribution in [2.45, 2.75) is 38.6 Å². The molecule has 3 aliphatic rings. The maximum atomic E-state index is 13.7. The zero-order chi connectivity index (χ0) is 20.6. The molecule has 2 aromatic heterocycles. The number of carbonyl (C=O) groups is 3. The van der Waals surface area contributed by atoms with Crippen LogP contribution in [0.4, 0.5) is 5.00 Å². The lowest BCUT2D eigenvalue weighted by molar-refractivity contribution is -0.135. The summed E-state index contributed by atoms with van der Waals surface area (Å²) in [5, 5.41) is 5.54. The SMILES string of the molecule is CN1CC(=O)Nc2sc3c(c2C1=O)CCN(C(=O)C1(c2cccs2)CC1(C)C)C3. The molecule has 1 saturated carbocycles. The van der Waals surface area contributed by atoms with Crippen molar-refractivity contribution < 1.29 is 14.4 Å². The molecule has 29 heavy (non-hydrogen) atoms. The number of amides is 3. The molecule has 3 amide bonds. The van der Waals surface area contributed by atoms with Gasteiger partial charge in [-0.3, -0.25) is 14.4 Å². The molecule has 5 rings (SSSR count). The first-order chi connectivity index (χ1) is 13.7. The zero-order valence-corrected chi connectivity index (χ0v) is 18.3. The van der Waals surface area contributed by atoms with Crippen molar-refractivity contribution in [3.8, 4) is 0 Å². The van der Waals surface area contributed by atoms with Crippen LogP contribution in [0, 0.1) is 5.41 Å². The Labute approximate surface area is 177 Å². The molecule has 1 aliphatic carbocycles. The van der Waals surface area contributed by atoms with E-state index in [1.165, 1.54) is 16.2 Å². The smallest absolute Gasteiger partial charge is 0.257 e. The highest BCUT2D eigenvalue weighted by atomic mass is 32.1. The van der Waals surface area contributed by atoms with E-state index in [9.17, 15) is 14.4 Å².